The van der Waals surface area contributed by atoms with Gasteiger partial charge in [0.15, 0.2) is 0 Å². The fourth-order valence-corrected chi connectivity index (χ4v) is 3.96. The molecule has 2 aromatic carbocycles. The molecule has 31 heavy (non-hydrogen) atoms. The maximum Gasteiger partial charge on any atom is 0.277 e. The molecule has 1 aliphatic rings. The quantitative estimate of drug-likeness (QED) is 0.556. The molecule has 4 rings (SSSR count). The molecule has 0 bridgehead atoms. The first kappa shape index (κ1) is 21.6. The predicted octanol–water partition coefficient (Wildman–Crippen LogP) is 4.01. The Kier molecular flexibility index (Phi) is 6.74. The molecule has 1 fully saturated rings. The van der Waals surface area contributed by atoms with E-state index in [-0.39, 0.29) is 28.6 Å². The van der Waals surface area contributed by atoms with Crippen LogP contribution in [0.2, 0.25) is 5.02 Å². The number of thioether (sulfide) groups is 1. The van der Waals surface area contributed by atoms with Crippen LogP contribution in [-0.4, -0.2) is 60.0 Å². The molecule has 0 saturated carbocycles. The van der Waals surface area contributed by atoms with Crippen LogP contribution in [0.4, 0.5) is 15.8 Å². The van der Waals surface area contributed by atoms with Gasteiger partial charge in [-0.15, -0.1) is 10.2 Å². The Bertz CT molecular complexity index is 1050. The van der Waals surface area contributed by atoms with E-state index in [1.54, 1.807) is 18.2 Å². The zero-order valence-corrected chi connectivity index (χ0v) is 18.4. The number of amides is 1. The van der Waals surface area contributed by atoms with E-state index >= 15 is 0 Å². The van der Waals surface area contributed by atoms with E-state index in [1.165, 1.54) is 12.1 Å². The number of hydrogen-bond acceptors (Lipinski definition) is 7. The molecular formula is C21H21ClFN5O2S. The average Bonchev–Trinajstić information content (AvgIpc) is 3.23. The molecular weight excluding hydrogens is 441 g/mol. The summed E-state index contributed by atoms with van der Waals surface area (Å²) in [6.07, 6.45) is 0. The lowest BCUT2D eigenvalue weighted by atomic mass is 10.2. The Morgan fingerprint density at radius 1 is 1.16 bits per heavy atom. The van der Waals surface area contributed by atoms with Gasteiger partial charge in [-0.3, -0.25) is 4.79 Å². The molecule has 0 atom stereocenters. The Hall–Kier alpha value is -2.62. The lowest BCUT2D eigenvalue weighted by Crippen LogP contribution is -2.44. The van der Waals surface area contributed by atoms with Gasteiger partial charge in [0.25, 0.3) is 5.22 Å². The van der Waals surface area contributed by atoms with E-state index < -0.39 is 0 Å². The minimum atomic E-state index is -0.341. The van der Waals surface area contributed by atoms with Crippen molar-refractivity contribution < 1.29 is 13.6 Å². The van der Waals surface area contributed by atoms with E-state index in [0.717, 1.165) is 43.6 Å². The van der Waals surface area contributed by atoms with Gasteiger partial charge >= 0.3 is 0 Å². The fourth-order valence-electron chi connectivity index (χ4n) is 3.22. The summed E-state index contributed by atoms with van der Waals surface area (Å²) >= 11 is 7.30. The van der Waals surface area contributed by atoms with Crippen molar-refractivity contribution in [2.75, 3.05) is 49.2 Å². The molecule has 0 aliphatic carbocycles. The molecule has 2 heterocycles. The maximum atomic E-state index is 13.1. The Morgan fingerprint density at radius 2 is 1.90 bits per heavy atom. The standard InChI is InChI=1S/C21H21ClFN5O2S/c1-27-8-10-28(11-9-27)18-7-4-15(22)12-17(18)24-19(29)13-31-21-26-25-20(30-21)14-2-5-16(23)6-3-14/h2-7,12H,8-11,13H2,1H3,(H,24,29). The van der Waals surface area contributed by atoms with Crippen LogP contribution < -0.4 is 10.2 Å². The fraction of sp³-hybridized carbons (Fsp3) is 0.286. The molecule has 1 N–H and O–H groups in total. The van der Waals surface area contributed by atoms with Crippen molar-refractivity contribution in [2.45, 2.75) is 5.22 Å². The molecule has 1 aromatic heterocycles. The third-order valence-electron chi connectivity index (χ3n) is 4.90. The number of halogens is 2. The van der Waals surface area contributed by atoms with Crippen LogP contribution in [0.5, 0.6) is 0 Å². The van der Waals surface area contributed by atoms with Gasteiger partial charge in [-0.1, -0.05) is 23.4 Å². The smallest absolute Gasteiger partial charge is 0.277 e. The number of nitrogens with one attached hydrogen (secondary N) is 1. The highest BCUT2D eigenvalue weighted by atomic mass is 35.5. The maximum absolute atomic E-state index is 13.1. The summed E-state index contributed by atoms with van der Waals surface area (Å²) in [6.45, 7) is 3.67. The molecule has 0 radical (unpaired) electrons. The average molecular weight is 462 g/mol. The molecule has 1 saturated heterocycles. The van der Waals surface area contributed by atoms with E-state index in [4.69, 9.17) is 16.0 Å². The monoisotopic (exact) mass is 461 g/mol. The van der Waals surface area contributed by atoms with E-state index in [2.05, 4.69) is 32.4 Å². The summed E-state index contributed by atoms with van der Waals surface area (Å²) in [4.78, 5) is 17.1. The van der Waals surface area contributed by atoms with Crippen molar-refractivity contribution in [1.82, 2.24) is 15.1 Å². The topological polar surface area (TPSA) is 74.5 Å². The van der Waals surface area contributed by atoms with Crippen molar-refractivity contribution in [3.63, 3.8) is 0 Å². The molecule has 0 unspecified atom stereocenters. The Morgan fingerprint density at radius 3 is 2.65 bits per heavy atom. The van der Waals surface area contributed by atoms with E-state index in [0.29, 0.717) is 16.3 Å². The summed E-state index contributed by atoms with van der Waals surface area (Å²) in [5, 5.41) is 11.7. The van der Waals surface area contributed by atoms with Gasteiger partial charge in [-0.25, -0.2) is 4.39 Å². The first-order valence-corrected chi connectivity index (χ1v) is 11.1. The molecule has 0 spiro atoms. The van der Waals surface area contributed by atoms with Crippen molar-refractivity contribution in [1.29, 1.82) is 0 Å². The lowest BCUT2D eigenvalue weighted by molar-refractivity contribution is -0.113. The van der Waals surface area contributed by atoms with E-state index in [9.17, 15) is 9.18 Å². The van der Waals surface area contributed by atoms with Crippen LogP contribution in [0.1, 0.15) is 0 Å². The number of carbonyl (C=O) groups excluding carboxylic acids is 1. The van der Waals surface area contributed by atoms with Crippen LogP contribution in [0.25, 0.3) is 11.5 Å². The zero-order chi connectivity index (χ0) is 21.8. The summed E-state index contributed by atoms with van der Waals surface area (Å²) in [6, 6.07) is 11.3. The lowest BCUT2D eigenvalue weighted by Gasteiger charge is -2.35. The van der Waals surface area contributed by atoms with Crippen molar-refractivity contribution >= 4 is 40.6 Å². The van der Waals surface area contributed by atoms with Crippen LogP contribution in [0.15, 0.2) is 52.1 Å². The number of piperazine rings is 1. The van der Waals surface area contributed by atoms with Gasteiger partial charge in [-0.2, -0.15) is 0 Å². The Labute approximate surface area is 188 Å². The molecule has 162 valence electrons. The number of aromatic nitrogens is 2. The second-order valence-corrected chi connectivity index (χ2v) is 8.53. The van der Waals surface area contributed by atoms with Crippen molar-refractivity contribution in [3.05, 3.63) is 53.3 Å². The van der Waals surface area contributed by atoms with Crippen LogP contribution in [0.3, 0.4) is 0 Å². The number of carbonyl (C=O) groups is 1. The SMILES string of the molecule is CN1CCN(c2ccc(Cl)cc2NC(=O)CSc2nnc(-c3ccc(F)cc3)o2)CC1. The van der Waals surface area contributed by atoms with Gasteiger partial charge in [-0.05, 0) is 49.5 Å². The molecule has 1 amide bonds. The molecule has 10 heteroatoms. The second-order valence-electron chi connectivity index (χ2n) is 7.17. The van der Waals surface area contributed by atoms with Gasteiger partial charge in [0.1, 0.15) is 5.82 Å². The van der Waals surface area contributed by atoms with Gasteiger partial charge in [0.05, 0.1) is 17.1 Å². The highest BCUT2D eigenvalue weighted by molar-refractivity contribution is 7.99. The van der Waals surface area contributed by atoms with Gasteiger partial charge in [0.2, 0.25) is 11.8 Å². The molecule has 7 nitrogen and oxygen atoms in total. The largest absolute Gasteiger partial charge is 0.411 e. The summed E-state index contributed by atoms with van der Waals surface area (Å²) in [5.74, 6) is -0.175. The number of anilines is 2. The van der Waals surface area contributed by atoms with Crippen molar-refractivity contribution in [3.8, 4) is 11.5 Å². The molecule has 1 aliphatic heterocycles. The Balaban J connectivity index is 1.38. The number of nitrogens with zero attached hydrogens (tertiary/aromatic N) is 4. The number of rotatable bonds is 6. The summed E-state index contributed by atoms with van der Waals surface area (Å²) < 4.78 is 18.6. The van der Waals surface area contributed by atoms with Crippen LogP contribution >= 0.6 is 23.4 Å². The highest BCUT2D eigenvalue weighted by Crippen LogP contribution is 2.30. The second kappa shape index (κ2) is 9.67. The van der Waals surface area contributed by atoms with Crippen LogP contribution in [0, 0.1) is 5.82 Å². The van der Waals surface area contributed by atoms with Crippen LogP contribution in [-0.2, 0) is 4.79 Å². The number of likely N-dealkylation sites (N-methyl/N-ethyl adjacent to an activating group) is 1. The third kappa shape index (κ3) is 5.55. The highest BCUT2D eigenvalue weighted by Gasteiger charge is 2.19. The minimum absolute atomic E-state index is 0.0970. The predicted molar refractivity (Wildman–Crippen MR) is 120 cm³/mol. The number of hydrogen-bond donors (Lipinski definition) is 1. The zero-order valence-electron chi connectivity index (χ0n) is 16.8. The first-order chi connectivity index (χ1) is 15.0. The normalized spacial score (nSPS) is 14.6. The third-order valence-corrected chi connectivity index (χ3v) is 5.95. The molecule has 3 aromatic rings. The summed E-state index contributed by atoms with van der Waals surface area (Å²) in [5.41, 5.74) is 2.24. The first-order valence-electron chi connectivity index (χ1n) is 9.73. The van der Waals surface area contributed by atoms with Crippen molar-refractivity contribution in [2.24, 2.45) is 0 Å². The number of benzene rings is 2. The minimum Gasteiger partial charge on any atom is -0.411 e. The summed E-state index contributed by atoms with van der Waals surface area (Å²) in [7, 11) is 2.10. The van der Waals surface area contributed by atoms with Gasteiger partial charge in [0, 0.05) is 36.8 Å². The van der Waals surface area contributed by atoms with E-state index in [1.807, 2.05) is 12.1 Å². The van der Waals surface area contributed by atoms with Gasteiger partial charge < -0.3 is 19.5 Å².